The Morgan fingerprint density at radius 2 is 2.08 bits per heavy atom. The van der Waals surface area contributed by atoms with Gasteiger partial charge in [-0.3, -0.25) is 9.59 Å². The van der Waals surface area contributed by atoms with Crippen molar-refractivity contribution in [1.82, 2.24) is 4.90 Å². The van der Waals surface area contributed by atoms with Crippen molar-refractivity contribution in [2.45, 2.75) is 31.2 Å². The summed E-state index contributed by atoms with van der Waals surface area (Å²) in [6.07, 6.45) is 2.93. The zero-order valence-electron chi connectivity index (χ0n) is 14.7. The number of thioether (sulfide) groups is 1. The monoisotopic (exact) mass is 385 g/mol. The molecular formula is C19H19N3O2S2. The third-order valence-electron chi connectivity index (χ3n) is 4.39. The first kappa shape index (κ1) is 18.5. The first-order chi connectivity index (χ1) is 12.5. The van der Waals surface area contributed by atoms with E-state index in [1.54, 1.807) is 23.6 Å². The highest BCUT2D eigenvalue weighted by atomic mass is 32.2. The average molecular weight is 386 g/mol. The van der Waals surface area contributed by atoms with Gasteiger partial charge in [-0.05, 0) is 35.9 Å². The summed E-state index contributed by atoms with van der Waals surface area (Å²) >= 11 is 3.06. The van der Waals surface area contributed by atoms with Gasteiger partial charge in [0.1, 0.15) is 11.1 Å². The van der Waals surface area contributed by atoms with Crippen LogP contribution in [0.4, 0.5) is 5.00 Å². The van der Waals surface area contributed by atoms with Crippen LogP contribution >= 0.6 is 23.1 Å². The molecule has 0 aliphatic carbocycles. The number of nitrogens with one attached hydrogen (secondary N) is 1. The van der Waals surface area contributed by atoms with Crippen molar-refractivity contribution in [3.05, 3.63) is 45.8 Å². The maximum Gasteiger partial charge on any atom is 0.229 e. The van der Waals surface area contributed by atoms with Crippen molar-refractivity contribution in [2.75, 3.05) is 18.1 Å². The van der Waals surface area contributed by atoms with Crippen LogP contribution in [0.25, 0.3) is 0 Å². The van der Waals surface area contributed by atoms with Gasteiger partial charge in [0.2, 0.25) is 11.8 Å². The van der Waals surface area contributed by atoms with Crippen molar-refractivity contribution in [3.8, 4) is 6.07 Å². The zero-order chi connectivity index (χ0) is 18.7. The highest BCUT2D eigenvalue weighted by molar-refractivity contribution is 7.98. The van der Waals surface area contributed by atoms with Gasteiger partial charge in [-0.25, -0.2) is 0 Å². The second-order valence-electron chi connectivity index (χ2n) is 6.08. The standard InChI is InChI=1S/C19H19N3O2S2/c1-12(23)22-8-7-15-16(10-20)19(26-17(15)11-22)21-18(24)9-13-3-5-14(25-2)6-4-13/h3-6H,7-9,11H2,1-2H3,(H,21,24). The molecule has 134 valence electrons. The van der Waals surface area contributed by atoms with E-state index >= 15 is 0 Å². The van der Waals surface area contributed by atoms with Crippen LogP contribution in [0.1, 0.15) is 28.5 Å². The maximum absolute atomic E-state index is 12.4. The number of fused-ring (bicyclic) bond motifs is 1. The Kier molecular flexibility index (Phi) is 5.64. The van der Waals surface area contributed by atoms with E-state index < -0.39 is 0 Å². The molecule has 1 aromatic heterocycles. The number of thiophene rings is 1. The molecule has 0 saturated heterocycles. The van der Waals surface area contributed by atoms with E-state index in [-0.39, 0.29) is 18.2 Å². The molecule has 5 nitrogen and oxygen atoms in total. The highest BCUT2D eigenvalue weighted by Gasteiger charge is 2.26. The van der Waals surface area contributed by atoms with Crippen LogP contribution in [0.3, 0.4) is 0 Å². The van der Waals surface area contributed by atoms with Crippen molar-refractivity contribution in [1.29, 1.82) is 5.26 Å². The van der Waals surface area contributed by atoms with Gasteiger partial charge in [0, 0.05) is 23.2 Å². The number of carbonyl (C=O) groups is 2. The summed E-state index contributed by atoms with van der Waals surface area (Å²) < 4.78 is 0. The van der Waals surface area contributed by atoms with Gasteiger partial charge in [0.05, 0.1) is 18.5 Å². The molecule has 0 fully saturated rings. The number of hydrogen-bond acceptors (Lipinski definition) is 5. The Bertz CT molecular complexity index is 881. The maximum atomic E-state index is 12.4. The van der Waals surface area contributed by atoms with Crippen LogP contribution in [0.2, 0.25) is 0 Å². The Labute approximate surface area is 161 Å². The van der Waals surface area contributed by atoms with E-state index in [4.69, 9.17) is 0 Å². The molecule has 0 atom stereocenters. The second-order valence-corrected chi connectivity index (χ2v) is 8.07. The predicted molar refractivity (Wildman–Crippen MR) is 104 cm³/mol. The quantitative estimate of drug-likeness (QED) is 0.819. The van der Waals surface area contributed by atoms with E-state index in [1.807, 2.05) is 30.5 Å². The van der Waals surface area contributed by atoms with Crippen LogP contribution in [0.15, 0.2) is 29.2 Å². The van der Waals surface area contributed by atoms with Gasteiger partial charge in [0.15, 0.2) is 0 Å². The van der Waals surface area contributed by atoms with Gasteiger partial charge in [-0.1, -0.05) is 12.1 Å². The fourth-order valence-corrected chi connectivity index (χ4v) is 4.62. The van der Waals surface area contributed by atoms with E-state index in [0.29, 0.717) is 30.1 Å². The summed E-state index contributed by atoms with van der Waals surface area (Å²) in [6, 6.07) is 10.1. The Balaban J connectivity index is 1.74. The first-order valence-electron chi connectivity index (χ1n) is 8.24. The second kappa shape index (κ2) is 7.94. The minimum atomic E-state index is -0.138. The summed E-state index contributed by atoms with van der Waals surface area (Å²) in [6.45, 7) is 2.67. The molecule has 0 saturated carbocycles. The largest absolute Gasteiger partial charge is 0.337 e. The van der Waals surface area contributed by atoms with Gasteiger partial charge >= 0.3 is 0 Å². The Hall–Kier alpha value is -2.30. The number of carbonyl (C=O) groups excluding carboxylic acids is 2. The third-order valence-corrected chi connectivity index (χ3v) is 6.27. The summed E-state index contributed by atoms with van der Waals surface area (Å²) in [7, 11) is 0. The molecule has 2 aromatic rings. The molecule has 3 rings (SSSR count). The summed E-state index contributed by atoms with van der Waals surface area (Å²) in [5.74, 6) is -0.109. The van der Waals surface area contributed by atoms with Crippen LogP contribution in [-0.4, -0.2) is 29.5 Å². The van der Waals surface area contributed by atoms with Crippen molar-refractivity contribution in [2.24, 2.45) is 0 Å². The number of nitriles is 1. The van der Waals surface area contributed by atoms with Gasteiger partial charge < -0.3 is 10.2 Å². The third kappa shape index (κ3) is 3.92. The van der Waals surface area contributed by atoms with Gasteiger partial charge in [-0.2, -0.15) is 5.26 Å². The molecule has 7 heteroatoms. The van der Waals surface area contributed by atoms with Crippen molar-refractivity contribution >= 4 is 39.9 Å². The number of rotatable bonds is 4. The molecule has 1 N–H and O–H groups in total. The smallest absolute Gasteiger partial charge is 0.229 e. The van der Waals surface area contributed by atoms with Crippen LogP contribution in [0, 0.1) is 11.3 Å². The van der Waals surface area contributed by atoms with Crippen molar-refractivity contribution < 1.29 is 9.59 Å². The average Bonchev–Trinajstić information content (AvgIpc) is 2.98. The molecule has 0 radical (unpaired) electrons. The lowest BCUT2D eigenvalue weighted by Crippen LogP contribution is -2.33. The topological polar surface area (TPSA) is 73.2 Å². The molecule has 0 bridgehead atoms. The fraction of sp³-hybridized carbons (Fsp3) is 0.316. The van der Waals surface area contributed by atoms with Crippen LogP contribution in [-0.2, 0) is 29.0 Å². The van der Waals surface area contributed by atoms with Gasteiger partial charge in [-0.15, -0.1) is 23.1 Å². The minimum absolute atomic E-state index is 0.0295. The molecule has 0 spiro atoms. The normalized spacial score (nSPS) is 13.0. The molecular weight excluding hydrogens is 366 g/mol. The highest BCUT2D eigenvalue weighted by Crippen LogP contribution is 2.36. The van der Waals surface area contributed by atoms with Crippen LogP contribution < -0.4 is 5.32 Å². The van der Waals surface area contributed by atoms with E-state index in [2.05, 4.69) is 11.4 Å². The SMILES string of the molecule is CSc1ccc(CC(=O)Nc2sc3c(c2C#N)CCN(C(C)=O)C3)cc1. The Morgan fingerprint density at radius 3 is 2.69 bits per heavy atom. The minimum Gasteiger partial charge on any atom is -0.337 e. The molecule has 26 heavy (non-hydrogen) atoms. The zero-order valence-corrected chi connectivity index (χ0v) is 16.3. The van der Waals surface area contributed by atoms with E-state index in [1.165, 1.54) is 11.3 Å². The lowest BCUT2D eigenvalue weighted by Gasteiger charge is -2.25. The molecule has 1 aliphatic rings. The van der Waals surface area contributed by atoms with E-state index in [9.17, 15) is 14.9 Å². The lowest BCUT2D eigenvalue weighted by molar-refractivity contribution is -0.129. The molecule has 2 heterocycles. The summed E-state index contributed by atoms with van der Waals surface area (Å²) in [5, 5.41) is 13.0. The number of nitrogens with zero attached hydrogens (tertiary/aromatic N) is 2. The summed E-state index contributed by atoms with van der Waals surface area (Å²) in [4.78, 5) is 27.9. The fourth-order valence-electron chi connectivity index (χ4n) is 2.98. The predicted octanol–water partition coefficient (Wildman–Crippen LogP) is 3.43. The summed E-state index contributed by atoms with van der Waals surface area (Å²) in [5.41, 5.74) is 2.44. The number of amides is 2. The van der Waals surface area contributed by atoms with Gasteiger partial charge in [0.25, 0.3) is 0 Å². The molecule has 2 amide bonds. The van der Waals surface area contributed by atoms with Crippen molar-refractivity contribution in [3.63, 3.8) is 0 Å². The molecule has 1 aromatic carbocycles. The number of benzene rings is 1. The lowest BCUT2D eigenvalue weighted by atomic mass is 10.0. The molecule has 1 aliphatic heterocycles. The number of hydrogen-bond donors (Lipinski definition) is 1. The first-order valence-corrected chi connectivity index (χ1v) is 10.3. The number of anilines is 1. The Morgan fingerprint density at radius 1 is 1.35 bits per heavy atom. The van der Waals surface area contributed by atoms with Crippen LogP contribution in [0.5, 0.6) is 0 Å². The van der Waals surface area contributed by atoms with E-state index in [0.717, 1.165) is 20.9 Å². The molecule has 0 unspecified atom stereocenters.